The lowest BCUT2D eigenvalue weighted by Crippen LogP contribution is -2.09. The van der Waals surface area contributed by atoms with Gasteiger partial charge in [-0.25, -0.2) is 14.8 Å². The fourth-order valence-corrected chi connectivity index (χ4v) is 3.29. The fraction of sp³-hybridized carbons (Fsp3) is 0.583. The summed E-state index contributed by atoms with van der Waals surface area (Å²) in [6.45, 7) is 5.81. The molecule has 0 radical (unpaired) electrons. The average molecular weight is 286 g/mol. The molecule has 0 amide bonds. The Bertz CT molecular complexity index is 425. The minimum absolute atomic E-state index is 0.249. The Morgan fingerprint density at radius 3 is 2.56 bits per heavy atom. The van der Waals surface area contributed by atoms with Crippen LogP contribution in [0, 0.1) is 6.92 Å². The zero-order valence-corrected chi connectivity index (χ0v) is 12.5. The monoisotopic (exact) mass is 286 g/mol. The lowest BCUT2D eigenvalue weighted by Gasteiger charge is -2.09. The van der Waals surface area contributed by atoms with E-state index in [0.717, 1.165) is 23.7 Å². The molecule has 0 spiro atoms. The van der Waals surface area contributed by atoms with Gasteiger partial charge in [-0.1, -0.05) is 13.8 Å². The van der Waals surface area contributed by atoms with E-state index in [4.69, 9.17) is 0 Å². The summed E-state index contributed by atoms with van der Waals surface area (Å²) < 4.78 is 0. The maximum absolute atomic E-state index is 11.2. The van der Waals surface area contributed by atoms with Crippen molar-refractivity contribution in [2.45, 2.75) is 32.2 Å². The van der Waals surface area contributed by atoms with Crippen LogP contribution in [0.1, 0.15) is 35.7 Å². The number of carboxylic acid groups (broad SMARTS) is 1. The van der Waals surface area contributed by atoms with Gasteiger partial charge in [-0.3, -0.25) is 0 Å². The van der Waals surface area contributed by atoms with Crippen molar-refractivity contribution in [1.82, 2.24) is 9.97 Å². The third kappa shape index (κ3) is 4.17. The summed E-state index contributed by atoms with van der Waals surface area (Å²) in [4.78, 5) is 19.8. The molecule has 1 N–H and O–H groups in total. The molecule has 0 unspecified atom stereocenters. The van der Waals surface area contributed by atoms with Crippen LogP contribution in [0.15, 0.2) is 5.03 Å². The van der Waals surface area contributed by atoms with E-state index in [0.29, 0.717) is 16.5 Å². The number of aryl methyl sites for hydroxylation is 2. The number of hydrogen-bond acceptors (Lipinski definition) is 5. The van der Waals surface area contributed by atoms with E-state index in [1.807, 2.05) is 18.7 Å². The molecule has 0 aliphatic carbocycles. The van der Waals surface area contributed by atoms with Crippen LogP contribution >= 0.6 is 23.5 Å². The minimum Gasteiger partial charge on any atom is -0.478 e. The Morgan fingerprint density at radius 1 is 1.28 bits per heavy atom. The maximum Gasteiger partial charge on any atom is 0.340 e. The van der Waals surface area contributed by atoms with Gasteiger partial charge in [-0.05, 0) is 12.7 Å². The first kappa shape index (κ1) is 15.3. The van der Waals surface area contributed by atoms with Gasteiger partial charge in [0.25, 0.3) is 0 Å². The van der Waals surface area contributed by atoms with Crippen molar-refractivity contribution in [3.8, 4) is 0 Å². The summed E-state index contributed by atoms with van der Waals surface area (Å²) in [5.41, 5.74) is 0.804. The normalized spacial score (nSPS) is 10.6. The van der Waals surface area contributed by atoms with Gasteiger partial charge in [0.1, 0.15) is 16.4 Å². The molecule has 0 aliphatic heterocycles. The Balaban J connectivity index is 2.91. The van der Waals surface area contributed by atoms with Crippen molar-refractivity contribution in [1.29, 1.82) is 0 Å². The fourth-order valence-electron chi connectivity index (χ4n) is 1.45. The molecule has 0 atom stereocenters. The lowest BCUT2D eigenvalue weighted by molar-refractivity contribution is 0.0690. The Hall–Kier alpha value is -0.750. The van der Waals surface area contributed by atoms with Gasteiger partial charge in [-0.15, -0.1) is 11.8 Å². The summed E-state index contributed by atoms with van der Waals surface area (Å²) in [6.07, 6.45) is 0.720. The molecular weight excluding hydrogens is 268 g/mol. The highest BCUT2D eigenvalue weighted by Gasteiger charge is 2.17. The van der Waals surface area contributed by atoms with Crippen molar-refractivity contribution < 1.29 is 9.90 Å². The molecule has 18 heavy (non-hydrogen) atoms. The van der Waals surface area contributed by atoms with Gasteiger partial charge in [-0.2, -0.15) is 11.8 Å². The van der Waals surface area contributed by atoms with Crippen molar-refractivity contribution in [2.24, 2.45) is 0 Å². The molecule has 6 heteroatoms. The molecule has 1 aromatic heterocycles. The average Bonchev–Trinajstić information content (AvgIpc) is 2.33. The molecule has 100 valence electrons. The van der Waals surface area contributed by atoms with Gasteiger partial charge in [0.15, 0.2) is 0 Å². The van der Waals surface area contributed by atoms with E-state index >= 15 is 0 Å². The van der Waals surface area contributed by atoms with Gasteiger partial charge >= 0.3 is 5.97 Å². The summed E-state index contributed by atoms with van der Waals surface area (Å²) in [7, 11) is 0. The Kier molecular flexibility index (Phi) is 6.49. The van der Waals surface area contributed by atoms with Gasteiger partial charge < -0.3 is 5.11 Å². The molecule has 0 aliphatic rings. The quantitative estimate of drug-likeness (QED) is 0.472. The summed E-state index contributed by atoms with van der Waals surface area (Å²) in [5.74, 6) is 2.72. The van der Waals surface area contributed by atoms with Crippen LogP contribution in [-0.4, -0.2) is 38.3 Å². The van der Waals surface area contributed by atoms with Gasteiger partial charge in [0, 0.05) is 17.9 Å². The van der Waals surface area contributed by atoms with Crippen LogP contribution in [-0.2, 0) is 6.42 Å². The predicted octanol–water partition coefficient (Wildman–Crippen LogP) is 2.89. The van der Waals surface area contributed by atoms with Crippen LogP contribution < -0.4 is 0 Å². The highest BCUT2D eigenvalue weighted by Crippen LogP contribution is 2.23. The lowest BCUT2D eigenvalue weighted by atomic mass is 10.2. The Morgan fingerprint density at radius 2 is 2.00 bits per heavy atom. The summed E-state index contributed by atoms with van der Waals surface area (Å²) in [6, 6.07) is 0. The van der Waals surface area contributed by atoms with E-state index in [2.05, 4.69) is 16.9 Å². The van der Waals surface area contributed by atoms with Crippen LogP contribution in [0.5, 0.6) is 0 Å². The minimum atomic E-state index is -0.944. The molecule has 1 aromatic rings. The van der Waals surface area contributed by atoms with E-state index in [-0.39, 0.29) is 5.56 Å². The van der Waals surface area contributed by atoms with Crippen molar-refractivity contribution in [3.63, 3.8) is 0 Å². The molecule has 0 saturated carbocycles. The first-order valence-electron chi connectivity index (χ1n) is 5.91. The molecular formula is C12H18N2O2S2. The Labute approximate surface area is 116 Å². The zero-order valence-electron chi connectivity index (χ0n) is 10.9. The van der Waals surface area contributed by atoms with Crippen LogP contribution in [0.4, 0.5) is 0 Å². The van der Waals surface area contributed by atoms with Crippen molar-refractivity contribution >= 4 is 29.5 Å². The molecule has 0 fully saturated rings. The third-order valence-corrected chi connectivity index (χ3v) is 4.44. The van der Waals surface area contributed by atoms with Crippen LogP contribution in [0.2, 0.25) is 0 Å². The van der Waals surface area contributed by atoms with Crippen LogP contribution in [0.3, 0.4) is 0 Å². The maximum atomic E-state index is 11.2. The second kappa shape index (κ2) is 7.63. The molecule has 0 saturated heterocycles. The van der Waals surface area contributed by atoms with Crippen LogP contribution in [0.25, 0.3) is 0 Å². The summed E-state index contributed by atoms with van der Waals surface area (Å²) in [5, 5.41) is 9.81. The smallest absolute Gasteiger partial charge is 0.340 e. The zero-order chi connectivity index (χ0) is 13.5. The number of aromatic carboxylic acids is 1. The third-order valence-electron chi connectivity index (χ3n) is 2.30. The van der Waals surface area contributed by atoms with Gasteiger partial charge in [0.05, 0.1) is 5.69 Å². The SMILES string of the molecule is CCSCCSc1nc(CC)nc(C)c1C(=O)O. The largest absolute Gasteiger partial charge is 0.478 e. The van der Waals surface area contributed by atoms with E-state index in [1.54, 1.807) is 6.92 Å². The first-order valence-corrected chi connectivity index (χ1v) is 8.05. The predicted molar refractivity (Wildman–Crippen MR) is 76.8 cm³/mol. The number of thioether (sulfide) groups is 2. The number of aromatic nitrogens is 2. The number of rotatable bonds is 7. The summed E-state index contributed by atoms with van der Waals surface area (Å²) >= 11 is 3.35. The van der Waals surface area contributed by atoms with Crippen molar-refractivity contribution in [2.75, 3.05) is 17.3 Å². The first-order chi connectivity index (χ1) is 8.60. The molecule has 1 heterocycles. The highest BCUT2D eigenvalue weighted by molar-refractivity contribution is 8.02. The molecule has 0 bridgehead atoms. The van der Waals surface area contributed by atoms with E-state index < -0.39 is 5.97 Å². The second-order valence-corrected chi connectivity index (χ2v) is 6.09. The van der Waals surface area contributed by atoms with E-state index in [1.165, 1.54) is 11.8 Å². The number of nitrogens with zero attached hydrogens (tertiary/aromatic N) is 2. The standard InChI is InChI=1S/C12H18N2O2S2/c1-4-9-13-8(3)10(12(15)16)11(14-9)18-7-6-17-5-2/h4-7H2,1-3H3,(H,15,16). The second-order valence-electron chi connectivity index (χ2n) is 3.61. The topological polar surface area (TPSA) is 63.1 Å². The number of hydrogen-bond donors (Lipinski definition) is 1. The van der Waals surface area contributed by atoms with E-state index in [9.17, 15) is 9.90 Å². The van der Waals surface area contributed by atoms with Gasteiger partial charge in [0.2, 0.25) is 0 Å². The van der Waals surface area contributed by atoms with Crippen molar-refractivity contribution in [3.05, 3.63) is 17.1 Å². The molecule has 0 aromatic carbocycles. The molecule has 4 nitrogen and oxygen atoms in total. The number of carboxylic acids is 1. The highest BCUT2D eigenvalue weighted by atomic mass is 32.2. The molecule has 1 rings (SSSR count). The number of carbonyl (C=O) groups is 1.